The highest BCUT2D eigenvalue weighted by Gasteiger charge is 2.24. The first-order valence-electron chi connectivity index (χ1n) is 7.05. The molecule has 1 aromatic rings. The zero-order chi connectivity index (χ0) is 15.4. The van der Waals surface area contributed by atoms with Gasteiger partial charge in [0, 0.05) is 25.2 Å². The number of carbonyl (C=O) groups is 2. The van der Waals surface area contributed by atoms with Crippen LogP contribution in [0, 0.1) is 18.7 Å². The summed E-state index contributed by atoms with van der Waals surface area (Å²) in [6.07, 6.45) is 2.03. The summed E-state index contributed by atoms with van der Waals surface area (Å²) in [5.74, 6) is -0.616. The van der Waals surface area contributed by atoms with Gasteiger partial charge in [-0.25, -0.2) is 9.18 Å². The maximum Gasteiger partial charge on any atom is 0.321 e. The van der Waals surface area contributed by atoms with E-state index in [0.717, 1.165) is 18.4 Å². The lowest BCUT2D eigenvalue weighted by Gasteiger charge is -2.32. The van der Waals surface area contributed by atoms with Crippen molar-refractivity contribution in [3.8, 4) is 0 Å². The van der Waals surface area contributed by atoms with Gasteiger partial charge >= 0.3 is 6.03 Å². The fourth-order valence-corrected chi connectivity index (χ4v) is 2.71. The Morgan fingerprint density at radius 1 is 1.43 bits per heavy atom. The molecule has 1 aliphatic heterocycles. The van der Waals surface area contributed by atoms with Crippen molar-refractivity contribution in [3.63, 3.8) is 0 Å². The number of benzene rings is 1. The van der Waals surface area contributed by atoms with Gasteiger partial charge in [-0.2, -0.15) is 0 Å². The number of nitrogens with one attached hydrogen (secondary N) is 1. The Morgan fingerprint density at radius 2 is 2.19 bits per heavy atom. The van der Waals surface area contributed by atoms with Gasteiger partial charge in [0.05, 0.1) is 0 Å². The molecule has 1 saturated heterocycles. The Hall–Kier alpha value is -2.11. The smallest absolute Gasteiger partial charge is 0.321 e. The number of halogens is 1. The molecular formula is C15H20FN3O2. The number of hydrogen-bond acceptors (Lipinski definition) is 2. The Bertz CT molecular complexity index is 527. The molecule has 1 aliphatic rings. The number of aryl methyl sites for hydroxylation is 1. The fraction of sp³-hybridized carbons (Fsp3) is 0.467. The summed E-state index contributed by atoms with van der Waals surface area (Å²) in [5.41, 5.74) is 6.39. The molecule has 1 aromatic carbocycles. The summed E-state index contributed by atoms with van der Waals surface area (Å²) in [4.78, 5) is 24.8. The van der Waals surface area contributed by atoms with Gasteiger partial charge in [0.1, 0.15) is 5.82 Å². The highest BCUT2D eigenvalue weighted by Crippen LogP contribution is 2.21. The van der Waals surface area contributed by atoms with Crippen LogP contribution in [0.2, 0.25) is 0 Å². The number of rotatable bonds is 3. The quantitative estimate of drug-likeness (QED) is 0.897. The van der Waals surface area contributed by atoms with Crippen LogP contribution in [-0.2, 0) is 4.79 Å². The van der Waals surface area contributed by atoms with Crippen molar-refractivity contribution < 1.29 is 14.0 Å². The molecule has 0 spiro atoms. The zero-order valence-electron chi connectivity index (χ0n) is 12.1. The van der Waals surface area contributed by atoms with Crippen molar-refractivity contribution in [1.29, 1.82) is 0 Å². The minimum absolute atomic E-state index is 0.108. The largest absolute Gasteiger partial charge is 0.370 e. The summed E-state index contributed by atoms with van der Waals surface area (Å²) in [5, 5.41) is 2.70. The van der Waals surface area contributed by atoms with Gasteiger partial charge < -0.3 is 16.0 Å². The predicted molar refractivity (Wildman–Crippen MR) is 78.3 cm³/mol. The van der Waals surface area contributed by atoms with Crippen LogP contribution in [0.15, 0.2) is 18.2 Å². The van der Waals surface area contributed by atoms with Gasteiger partial charge in [-0.3, -0.25) is 4.79 Å². The second-order valence-electron chi connectivity index (χ2n) is 5.57. The van der Waals surface area contributed by atoms with Crippen LogP contribution in [0.5, 0.6) is 0 Å². The van der Waals surface area contributed by atoms with E-state index in [1.54, 1.807) is 17.9 Å². The number of hydrogen-bond donors (Lipinski definition) is 2. The van der Waals surface area contributed by atoms with E-state index >= 15 is 0 Å². The van der Waals surface area contributed by atoms with Gasteiger partial charge in [0.2, 0.25) is 5.91 Å². The standard InChI is InChI=1S/C15H20FN3O2/c1-10-5-12(16)8-13(6-10)18-15(21)19-4-2-3-11(9-19)7-14(17)20/h5-6,8,11H,2-4,7,9H2,1H3,(H2,17,20)(H,18,21). The Labute approximate surface area is 123 Å². The molecule has 114 valence electrons. The van der Waals surface area contributed by atoms with Crippen LogP contribution < -0.4 is 11.1 Å². The molecule has 5 nitrogen and oxygen atoms in total. The lowest BCUT2D eigenvalue weighted by Crippen LogP contribution is -2.43. The zero-order valence-corrected chi connectivity index (χ0v) is 12.1. The van der Waals surface area contributed by atoms with E-state index in [1.165, 1.54) is 12.1 Å². The topological polar surface area (TPSA) is 75.4 Å². The molecule has 0 bridgehead atoms. The summed E-state index contributed by atoms with van der Waals surface area (Å²) in [7, 11) is 0. The van der Waals surface area contributed by atoms with Crippen molar-refractivity contribution in [1.82, 2.24) is 4.90 Å². The van der Waals surface area contributed by atoms with E-state index in [4.69, 9.17) is 5.73 Å². The molecule has 0 radical (unpaired) electrons. The molecule has 1 fully saturated rings. The number of anilines is 1. The van der Waals surface area contributed by atoms with Crippen molar-refractivity contribution in [2.24, 2.45) is 11.7 Å². The van der Waals surface area contributed by atoms with Gasteiger partial charge in [-0.1, -0.05) is 0 Å². The maximum absolute atomic E-state index is 13.3. The first-order chi connectivity index (χ1) is 9.94. The number of primary amides is 1. The highest BCUT2D eigenvalue weighted by molar-refractivity contribution is 5.89. The van der Waals surface area contributed by atoms with Crippen LogP contribution in [0.3, 0.4) is 0 Å². The molecule has 6 heteroatoms. The summed E-state index contributed by atoms with van der Waals surface area (Å²) in [6.45, 7) is 2.90. The molecule has 0 aliphatic carbocycles. The van der Waals surface area contributed by atoms with E-state index in [9.17, 15) is 14.0 Å². The Balaban J connectivity index is 1.97. The Morgan fingerprint density at radius 3 is 2.86 bits per heavy atom. The fourth-order valence-electron chi connectivity index (χ4n) is 2.71. The molecule has 3 amide bonds. The lowest BCUT2D eigenvalue weighted by atomic mass is 9.95. The SMILES string of the molecule is Cc1cc(F)cc(NC(=O)N2CCCC(CC(N)=O)C2)c1. The van der Waals surface area contributed by atoms with Crippen molar-refractivity contribution in [3.05, 3.63) is 29.6 Å². The van der Waals surface area contributed by atoms with Gasteiger partial charge in [-0.15, -0.1) is 0 Å². The third-order valence-corrected chi connectivity index (χ3v) is 3.59. The Kier molecular flexibility index (Phi) is 4.77. The number of urea groups is 1. The molecule has 3 N–H and O–H groups in total. The van der Waals surface area contributed by atoms with E-state index in [-0.39, 0.29) is 23.7 Å². The number of amides is 3. The molecule has 0 aromatic heterocycles. The monoisotopic (exact) mass is 293 g/mol. The molecule has 21 heavy (non-hydrogen) atoms. The third kappa shape index (κ3) is 4.44. The van der Waals surface area contributed by atoms with Crippen LogP contribution >= 0.6 is 0 Å². The van der Waals surface area contributed by atoms with E-state index in [2.05, 4.69) is 5.32 Å². The van der Waals surface area contributed by atoms with Crippen molar-refractivity contribution in [2.45, 2.75) is 26.2 Å². The van der Waals surface area contributed by atoms with Crippen LogP contribution in [0.25, 0.3) is 0 Å². The number of nitrogens with zero attached hydrogens (tertiary/aromatic N) is 1. The molecule has 1 unspecified atom stereocenters. The number of nitrogens with two attached hydrogens (primary N) is 1. The van der Waals surface area contributed by atoms with Crippen LogP contribution in [0.4, 0.5) is 14.9 Å². The first-order valence-corrected chi connectivity index (χ1v) is 7.05. The van der Waals surface area contributed by atoms with Crippen molar-refractivity contribution in [2.75, 3.05) is 18.4 Å². The predicted octanol–water partition coefficient (Wildman–Crippen LogP) is 2.25. The van der Waals surface area contributed by atoms with Crippen LogP contribution in [0.1, 0.15) is 24.8 Å². The second-order valence-corrected chi connectivity index (χ2v) is 5.57. The average Bonchev–Trinajstić information content (AvgIpc) is 2.36. The molecule has 0 saturated carbocycles. The third-order valence-electron chi connectivity index (χ3n) is 3.59. The van der Waals surface area contributed by atoms with Gasteiger partial charge in [0.15, 0.2) is 0 Å². The molecule has 1 atom stereocenters. The van der Waals surface area contributed by atoms with E-state index in [1.807, 2.05) is 0 Å². The maximum atomic E-state index is 13.3. The number of carbonyl (C=O) groups excluding carboxylic acids is 2. The van der Waals surface area contributed by atoms with Gasteiger partial charge in [-0.05, 0) is 49.4 Å². The minimum atomic E-state index is -0.379. The van der Waals surface area contributed by atoms with Gasteiger partial charge in [0.25, 0.3) is 0 Å². The lowest BCUT2D eigenvalue weighted by molar-refractivity contribution is -0.119. The molecule has 1 heterocycles. The first kappa shape index (κ1) is 15.3. The molecular weight excluding hydrogens is 273 g/mol. The molecule has 2 rings (SSSR count). The highest BCUT2D eigenvalue weighted by atomic mass is 19.1. The number of piperidine rings is 1. The minimum Gasteiger partial charge on any atom is -0.370 e. The number of likely N-dealkylation sites (tertiary alicyclic amines) is 1. The van der Waals surface area contributed by atoms with E-state index in [0.29, 0.717) is 25.2 Å². The second kappa shape index (κ2) is 6.56. The summed E-state index contributed by atoms with van der Waals surface area (Å²) >= 11 is 0. The van der Waals surface area contributed by atoms with E-state index < -0.39 is 0 Å². The summed E-state index contributed by atoms with van der Waals surface area (Å²) in [6, 6.07) is 4.13. The normalized spacial score (nSPS) is 18.4. The van der Waals surface area contributed by atoms with Crippen LogP contribution in [-0.4, -0.2) is 29.9 Å². The van der Waals surface area contributed by atoms with Crippen molar-refractivity contribution >= 4 is 17.6 Å². The average molecular weight is 293 g/mol. The summed E-state index contributed by atoms with van der Waals surface area (Å²) < 4.78 is 13.3.